The third-order valence-corrected chi connectivity index (χ3v) is 6.72. The van der Waals surface area contributed by atoms with Crippen molar-refractivity contribution in [1.82, 2.24) is 14.9 Å². The first-order valence-corrected chi connectivity index (χ1v) is 12.1. The average molecular weight is 479 g/mol. The van der Waals surface area contributed by atoms with E-state index in [0.29, 0.717) is 28.3 Å². The molecule has 4 rings (SSSR count). The third-order valence-electron chi connectivity index (χ3n) is 5.81. The molecule has 3 N–H and O–H groups in total. The Kier molecular flexibility index (Phi) is 6.12. The number of carbonyl (C=O) groups is 1. The number of aryl methyl sites for hydroxylation is 1. The molecule has 3 heterocycles. The molecule has 34 heavy (non-hydrogen) atoms. The van der Waals surface area contributed by atoms with Crippen molar-refractivity contribution in [3.8, 4) is 11.1 Å². The van der Waals surface area contributed by atoms with E-state index in [9.17, 15) is 9.59 Å². The zero-order valence-corrected chi connectivity index (χ0v) is 21.2. The van der Waals surface area contributed by atoms with E-state index >= 15 is 0 Å². The van der Waals surface area contributed by atoms with Crippen LogP contribution in [0.1, 0.15) is 44.9 Å². The quantitative estimate of drug-likeness (QED) is 0.394. The summed E-state index contributed by atoms with van der Waals surface area (Å²) in [5.41, 5.74) is 9.99. The molecule has 0 spiro atoms. The Balaban J connectivity index is 1.69. The van der Waals surface area contributed by atoms with Crippen LogP contribution < -0.4 is 11.3 Å². The summed E-state index contributed by atoms with van der Waals surface area (Å²) in [7, 11) is 1.75. The molecule has 0 aliphatic rings. The number of carbonyl (C=O) groups excluding carboxylic acids is 1. The lowest BCUT2D eigenvalue weighted by molar-refractivity contribution is 0.0291. The molecule has 8 heteroatoms. The summed E-state index contributed by atoms with van der Waals surface area (Å²) in [6.07, 6.45) is -0.338. The SMILES string of the molecule is Cc1nc(N)c(-c2ccc([C@@H](C)CN(C)C(=O)OC(C)(C)C)cc2)c2c1[nH]c(=O)c1sccc12. The molecule has 1 atom stereocenters. The first-order valence-electron chi connectivity index (χ1n) is 11.2. The number of nitrogen functional groups attached to an aromatic ring is 1. The standard InChI is InChI=1S/C26H30N4O3S/c1-14(13-30(6)25(32)33-26(3,4)5)16-7-9-17(10-8-16)19-20-18-11-12-34-22(18)24(31)29-21(20)15(2)28-23(19)27/h7-12,14H,13H2,1-6H3,(H2,27,28)(H,29,31)/t14-/m0/s1. The third kappa shape index (κ3) is 4.50. The first kappa shape index (κ1) is 23.8. The fourth-order valence-electron chi connectivity index (χ4n) is 4.20. The highest BCUT2D eigenvalue weighted by atomic mass is 32.1. The highest BCUT2D eigenvalue weighted by Crippen LogP contribution is 2.38. The van der Waals surface area contributed by atoms with E-state index in [0.717, 1.165) is 27.5 Å². The Morgan fingerprint density at radius 3 is 2.56 bits per heavy atom. The van der Waals surface area contributed by atoms with Gasteiger partial charge in [-0.05, 0) is 56.2 Å². The van der Waals surface area contributed by atoms with Crippen LogP contribution in [0, 0.1) is 6.92 Å². The highest BCUT2D eigenvalue weighted by molar-refractivity contribution is 7.17. The van der Waals surface area contributed by atoms with Crippen LogP contribution in [0.15, 0.2) is 40.5 Å². The number of likely N-dealkylation sites (N-methyl/N-ethyl adjacent to an activating group) is 1. The van der Waals surface area contributed by atoms with Gasteiger partial charge in [0, 0.05) is 29.9 Å². The van der Waals surface area contributed by atoms with Gasteiger partial charge >= 0.3 is 6.09 Å². The van der Waals surface area contributed by atoms with Crippen LogP contribution in [-0.2, 0) is 4.74 Å². The van der Waals surface area contributed by atoms with Crippen molar-refractivity contribution < 1.29 is 9.53 Å². The smallest absolute Gasteiger partial charge is 0.410 e. The zero-order chi connectivity index (χ0) is 24.8. The van der Waals surface area contributed by atoms with Crippen LogP contribution >= 0.6 is 11.3 Å². The number of pyridine rings is 2. The lowest BCUT2D eigenvalue weighted by Crippen LogP contribution is -2.36. The van der Waals surface area contributed by atoms with Gasteiger partial charge in [0.1, 0.15) is 16.1 Å². The Hall–Kier alpha value is -3.39. The molecule has 0 fully saturated rings. The van der Waals surface area contributed by atoms with Gasteiger partial charge in [0.15, 0.2) is 0 Å². The number of H-pyrrole nitrogens is 1. The predicted molar refractivity (Wildman–Crippen MR) is 140 cm³/mol. The van der Waals surface area contributed by atoms with Gasteiger partial charge in [-0.2, -0.15) is 0 Å². The van der Waals surface area contributed by atoms with Gasteiger partial charge in [-0.15, -0.1) is 11.3 Å². The minimum Gasteiger partial charge on any atom is -0.444 e. The van der Waals surface area contributed by atoms with Crippen molar-refractivity contribution in [2.45, 2.75) is 46.1 Å². The molecular formula is C26H30N4O3S. The lowest BCUT2D eigenvalue weighted by atomic mass is 9.94. The summed E-state index contributed by atoms with van der Waals surface area (Å²) in [5.74, 6) is 0.534. The number of hydrogen-bond donors (Lipinski definition) is 2. The van der Waals surface area contributed by atoms with Gasteiger partial charge in [-0.1, -0.05) is 31.2 Å². The second kappa shape index (κ2) is 8.76. The van der Waals surface area contributed by atoms with Crippen molar-refractivity contribution in [3.63, 3.8) is 0 Å². The Morgan fingerprint density at radius 2 is 1.91 bits per heavy atom. The summed E-state index contributed by atoms with van der Waals surface area (Å²) in [4.78, 5) is 33.9. The number of nitrogens with two attached hydrogens (primary N) is 1. The van der Waals surface area contributed by atoms with E-state index in [1.807, 2.05) is 63.4 Å². The summed E-state index contributed by atoms with van der Waals surface area (Å²) in [5, 5.41) is 3.71. The molecule has 1 aromatic carbocycles. The molecular weight excluding hydrogens is 448 g/mol. The number of ether oxygens (including phenoxy) is 1. The van der Waals surface area contributed by atoms with E-state index in [1.165, 1.54) is 11.3 Å². The summed E-state index contributed by atoms with van der Waals surface area (Å²) in [6.45, 7) is 10.0. The number of aromatic amines is 1. The van der Waals surface area contributed by atoms with Crippen LogP contribution in [0.25, 0.3) is 32.1 Å². The monoisotopic (exact) mass is 478 g/mol. The van der Waals surface area contributed by atoms with Gasteiger partial charge in [-0.3, -0.25) is 4.79 Å². The second-order valence-electron chi connectivity index (χ2n) is 9.71. The minimum absolute atomic E-state index is 0.108. The van der Waals surface area contributed by atoms with E-state index in [2.05, 4.69) is 16.9 Å². The number of rotatable bonds is 4. The number of hydrogen-bond acceptors (Lipinski definition) is 6. The largest absolute Gasteiger partial charge is 0.444 e. The topological polar surface area (TPSA) is 101 Å². The lowest BCUT2D eigenvalue weighted by Gasteiger charge is -2.26. The first-order chi connectivity index (χ1) is 16.0. The van der Waals surface area contributed by atoms with Crippen molar-refractivity contribution >= 4 is 44.2 Å². The molecule has 1 amide bonds. The molecule has 0 aliphatic heterocycles. The second-order valence-corrected chi connectivity index (χ2v) is 10.6. The number of nitrogens with one attached hydrogen (secondary N) is 1. The molecule has 0 aliphatic carbocycles. The maximum absolute atomic E-state index is 12.5. The minimum atomic E-state index is -0.529. The number of fused-ring (bicyclic) bond motifs is 3. The summed E-state index contributed by atoms with van der Waals surface area (Å²) < 4.78 is 6.13. The predicted octanol–water partition coefficient (Wildman–Crippen LogP) is 5.67. The number of nitrogens with zero attached hydrogens (tertiary/aromatic N) is 2. The molecule has 0 radical (unpaired) electrons. The average Bonchev–Trinajstić information content (AvgIpc) is 3.24. The number of benzene rings is 1. The van der Waals surface area contributed by atoms with Crippen molar-refractivity contribution in [1.29, 1.82) is 0 Å². The fraction of sp³-hybridized carbons (Fsp3) is 0.346. The van der Waals surface area contributed by atoms with Crippen molar-refractivity contribution in [3.05, 3.63) is 57.3 Å². The number of thiophene rings is 1. The molecule has 7 nitrogen and oxygen atoms in total. The Morgan fingerprint density at radius 1 is 1.24 bits per heavy atom. The Labute approximate surface area is 202 Å². The van der Waals surface area contributed by atoms with Gasteiger partial charge in [0.25, 0.3) is 5.56 Å². The normalized spacial score (nSPS) is 12.8. The molecule has 0 bridgehead atoms. The molecule has 0 unspecified atom stereocenters. The number of aromatic nitrogens is 2. The number of anilines is 1. The van der Waals surface area contributed by atoms with E-state index in [1.54, 1.807) is 11.9 Å². The zero-order valence-electron chi connectivity index (χ0n) is 20.4. The van der Waals surface area contributed by atoms with Crippen molar-refractivity contribution in [2.75, 3.05) is 19.3 Å². The fourth-order valence-corrected chi connectivity index (χ4v) is 5.00. The van der Waals surface area contributed by atoms with Crippen LogP contribution in [0.3, 0.4) is 0 Å². The molecule has 178 valence electrons. The van der Waals surface area contributed by atoms with Crippen LogP contribution in [-0.4, -0.2) is 40.2 Å². The Bertz CT molecular complexity index is 1430. The molecule has 0 saturated carbocycles. The highest BCUT2D eigenvalue weighted by Gasteiger charge is 2.22. The van der Waals surface area contributed by atoms with Gasteiger partial charge in [0.2, 0.25) is 0 Å². The maximum Gasteiger partial charge on any atom is 0.410 e. The van der Waals surface area contributed by atoms with Crippen LogP contribution in [0.2, 0.25) is 0 Å². The summed E-state index contributed by atoms with van der Waals surface area (Å²) >= 11 is 1.41. The van der Waals surface area contributed by atoms with Gasteiger partial charge < -0.3 is 20.4 Å². The number of amides is 1. The van der Waals surface area contributed by atoms with E-state index in [4.69, 9.17) is 10.5 Å². The van der Waals surface area contributed by atoms with Gasteiger partial charge in [0.05, 0.1) is 11.2 Å². The van der Waals surface area contributed by atoms with Gasteiger partial charge in [-0.25, -0.2) is 9.78 Å². The van der Waals surface area contributed by atoms with Crippen LogP contribution in [0.4, 0.5) is 10.6 Å². The molecule has 0 saturated heterocycles. The molecule has 4 aromatic rings. The van der Waals surface area contributed by atoms with E-state index < -0.39 is 5.60 Å². The van der Waals surface area contributed by atoms with E-state index in [-0.39, 0.29) is 17.6 Å². The van der Waals surface area contributed by atoms with Crippen molar-refractivity contribution in [2.24, 2.45) is 0 Å². The molecule has 3 aromatic heterocycles. The summed E-state index contributed by atoms with van der Waals surface area (Å²) in [6, 6.07) is 10.1. The maximum atomic E-state index is 12.5. The van der Waals surface area contributed by atoms with Crippen LogP contribution in [0.5, 0.6) is 0 Å².